The Kier molecular flexibility index (Phi) is 17.9. The maximum atomic E-state index is 12.9. The van der Waals surface area contributed by atoms with Gasteiger partial charge in [-0.1, -0.05) is 97.3 Å². The Labute approximate surface area is 282 Å². The SMILES string of the molecule is CCCCCCCC/C=C/CCCCCCCC(=O)Oc1cc(C(OS(C)(=O)=O)C(N)C(C)(C)C)ccc1OC(=O)c1cccnc1. The lowest BCUT2D eigenvalue weighted by atomic mass is 9.82. The van der Waals surface area contributed by atoms with E-state index < -0.39 is 39.6 Å². The lowest BCUT2D eigenvalue weighted by molar-refractivity contribution is -0.134. The molecule has 0 aliphatic rings. The van der Waals surface area contributed by atoms with Crippen LogP contribution >= 0.6 is 0 Å². The van der Waals surface area contributed by atoms with Gasteiger partial charge < -0.3 is 15.2 Å². The Balaban J connectivity index is 1.98. The monoisotopic (exact) mass is 672 g/mol. The summed E-state index contributed by atoms with van der Waals surface area (Å²) < 4.78 is 41.0. The van der Waals surface area contributed by atoms with Gasteiger partial charge in [0, 0.05) is 24.9 Å². The van der Waals surface area contributed by atoms with Crippen molar-refractivity contribution >= 4 is 22.1 Å². The molecule has 9 nitrogen and oxygen atoms in total. The highest BCUT2D eigenvalue weighted by molar-refractivity contribution is 7.86. The molecule has 262 valence electrons. The number of carbonyl (C=O) groups is 2. The molecule has 0 amide bonds. The molecule has 0 spiro atoms. The number of esters is 2. The third-order valence-corrected chi connectivity index (χ3v) is 8.42. The van der Waals surface area contributed by atoms with Gasteiger partial charge in [-0.05, 0) is 67.3 Å². The molecular formula is C37H56N2O7S. The first kappa shape index (κ1) is 40.1. The summed E-state index contributed by atoms with van der Waals surface area (Å²) in [4.78, 5) is 29.7. The number of hydrogen-bond donors (Lipinski definition) is 1. The number of rotatable bonds is 22. The molecule has 0 saturated heterocycles. The second-order valence-electron chi connectivity index (χ2n) is 13.3. The Morgan fingerprint density at radius 2 is 1.49 bits per heavy atom. The number of hydrogen-bond acceptors (Lipinski definition) is 9. The number of carbonyl (C=O) groups excluding carboxylic acids is 2. The van der Waals surface area contributed by atoms with E-state index in [1.54, 1.807) is 18.2 Å². The predicted molar refractivity (Wildman–Crippen MR) is 187 cm³/mol. The Morgan fingerprint density at radius 1 is 0.872 bits per heavy atom. The van der Waals surface area contributed by atoms with Crippen LogP contribution in [-0.2, 0) is 19.1 Å². The molecule has 1 aromatic carbocycles. The first-order chi connectivity index (χ1) is 22.3. The number of allylic oxidation sites excluding steroid dienone is 2. The second-order valence-corrected chi connectivity index (χ2v) is 14.9. The molecule has 2 unspecified atom stereocenters. The van der Waals surface area contributed by atoms with Gasteiger partial charge in [-0.25, -0.2) is 4.79 Å². The number of benzene rings is 1. The smallest absolute Gasteiger partial charge is 0.345 e. The van der Waals surface area contributed by atoms with Crippen LogP contribution in [0.25, 0.3) is 0 Å². The third kappa shape index (κ3) is 16.5. The summed E-state index contributed by atoms with van der Waals surface area (Å²) in [5.41, 5.74) is 6.51. The van der Waals surface area contributed by atoms with Gasteiger partial charge in [0.2, 0.25) is 0 Å². The Bertz CT molecular complexity index is 1350. The molecule has 47 heavy (non-hydrogen) atoms. The molecule has 1 aromatic heterocycles. The number of nitrogens with two attached hydrogens (primary N) is 1. The van der Waals surface area contributed by atoms with Crippen molar-refractivity contribution in [2.75, 3.05) is 6.26 Å². The standard InChI is InChI=1S/C37H56N2O7S/c1-6-7-8-9-10-11-12-13-14-15-16-17-18-19-20-23-33(40)44-32-27-29(34(46-47(5,42)43)35(38)37(2,3)4)24-25-31(32)45-36(41)30-22-21-26-39-28-30/h13-14,21-22,24-28,34-35H,6-12,15-20,23,38H2,1-5H3/b14-13+. The number of nitrogens with zero attached hydrogens (tertiary/aromatic N) is 1. The van der Waals surface area contributed by atoms with E-state index in [0.717, 1.165) is 44.8 Å². The van der Waals surface area contributed by atoms with E-state index in [1.165, 1.54) is 63.1 Å². The first-order valence-corrected chi connectivity index (χ1v) is 18.9. The average molecular weight is 673 g/mol. The fourth-order valence-corrected chi connectivity index (χ4v) is 5.59. The molecule has 0 radical (unpaired) electrons. The maximum Gasteiger partial charge on any atom is 0.345 e. The largest absolute Gasteiger partial charge is 0.423 e. The molecule has 0 aliphatic heterocycles. The van der Waals surface area contributed by atoms with Gasteiger partial charge in [-0.3, -0.25) is 14.0 Å². The molecule has 0 bridgehead atoms. The fourth-order valence-electron chi connectivity index (χ4n) is 4.99. The van der Waals surface area contributed by atoms with Crippen LogP contribution in [0.5, 0.6) is 11.5 Å². The summed E-state index contributed by atoms with van der Waals surface area (Å²) in [6, 6.07) is 6.87. The summed E-state index contributed by atoms with van der Waals surface area (Å²) in [7, 11) is -3.89. The average Bonchev–Trinajstić information content (AvgIpc) is 3.01. The summed E-state index contributed by atoms with van der Waals surface area (Å²) >= 11 is 0. The number of unbranched alkanes of at least 4 members (excludes halogenated alkanes) is 11. The van der Waals surface area contributed by atoms with Crippen molar-refractivity contribution in [1.82, 2.24) is 4.98 Å². The molecule has 2 N–H and O–H groups in total. The van der Waals surface area contributed by atoms with Crippen LogP contribution in [-0.4, -0.2) is 37.6 Å². The first-order valence-electron chi connectivity index (χ1n) is 17.1. The highest BCUT2D eigenvalue weighted by Gasteiger charge is 2.34. The Morgan fingerprint density at radius 3 is 2.06 bits per heavy atom. The van der Waals surface area contributed by atoms with Crippen LogP contribution in [0.1, 0.15) is 140 Å². The minimum atomic E-state index is -3.89. The van der Waals surface area contributed by atoms with Crippen molar-refractivity contribution in [3.63, 3.8) is 0 Å². The summed E-state index contributed by atoms with van der Waals surface area (Å²) in [6.45, 7) is 7.85. The van der Waals surface area contributed by atoms with E-state index in [9.17, 15) is 18.0 Å². The van der Waals surface area contributed by atoms with Crippen LogP contribution in [0.15, 0.2) is 54.9 Å². The molecular weight excluding hydrogens is 616 g/mol. The van der Waals surface area contributed by atoms with Crippen molar-refractivity contribution in [1.29, 1.82) is 0 Å². The summed E-state index contributed by atoms with van der Waals surface area (Å²) in [6.07, 6.45) is 22.5. The third-order valence-electron chi connectivity index (χ3n) is 7.87. The van der Waals surface area contributed by atoms with Gasteiger partial charge in [0.1, 0.15) is 6.10 Å². The normalized spacial score (nSPS) is 13.4. The van der Waals surface area contributed by atoms with Crippen molar-refractivity contribution in [2.45, 2.75) is 130 Å². The zero-order valence-corrected chi connectivity index (χ0v) is 29.9. The van der Waals surface area contributed by atoms with E-state index in [4.69, 9.17) is 19.4 Å². The van der Waals surface area contributed by atoms with Crippen molar-refractivity contribution < 1.29 is 31.7 Å². The van der Waals surface area contributed by atoms with Crippen LogP contribution in [0.3, 0.4) is 0 Å². The lowest BCUT2D eigenvalue weighted by Crippen LogP contribution is -2.42. The van der Waals surface area contributed by atoms with Crippen LogP contribution in [0.2, 0.25) is 0 Å². The van der Waals surface area contributed by atoms with Crippen LogP contribution in [0.4, 0.5) is 0 Å². The van der Waals surface area contributed by atoms with Crippen molar-refractivity contribution in [3.05, 3.63) is 66.0 Å². The number of aromatic nitrogens is 1. The minimum Gasteiger partial charge on any atom is -0.423 e. The van der Waals surface area contributed by atoms with E-state index >= 15 is 0 Å². The lowest BCUT2D eigenvalue weighted by Gasteiger charge is -2.33. The quantitative estimate of drug-likeness (QED) is 0.0429. The minimum absolute atomic E-state index is 0.00272. The van der Waals surface area contributed by atoms with E-state index in [1.807, 2.05) is 20.8 Å². The van der Waals surface area contributed by atoms with Crippen LogP contribution < -0.4 is 15.2 Å². The number of ether oxygens (including phenoxy) is 2. The van der Waals surface area contributed by atoms with E-state index in [2.05, 4.69) is 24.1 Å². The molecule has 10 heteroatoms. The molecule has 0 fully saturated rings. The molecule has 2 rings (SSSR count). The van der Waals surface area contributed by atoms with Crippen molar-refractivity contribution in [2.24, 2.45) is 11.1 Å². The van der Waals surface area contributed by atoms with Gasteiger partial charge >= 0.3 is 11.9 Å². The molecule has 2 atom stereocenters. The Hall–Kier alpha value is -3.08. The topological polar surface area (TPSA) is 135 Å². The van der Waals surface area contributed by atoms with Gasteiger partial charge in [0.15, 0.2) is 11.5 Å². The maximum absolute atomic E-state index is 12.9. The zero-order valence-electron chi connectivity index (χ0n) is 29.0. The van der Waals surface area contributed by atoms with Gasteiger partial charge in [-0.2, -0.15) is 8.42 Å². The highest BCUT2D eigenvalue weighted by Crippen LogP contribution is 2.37. The van der Waals surface area contributed by atoms with E-state index in [-0.39, 0.29) is 23.5 Å². The fraction of sp³-hybridized carbons (Fsp3) is 0.595. The van der Waals surface area contributed by atoms with E-state index in [0.29, 0.717) is 12.0 Å². The van der Waals surface area contributed by atoms with Gasteiger partial charge in [-0.15, -0.1) is 0 Å². The molecule has 2 aromatic rings. The summed E-state index contributed by atoms with van der Waals surface area (Å²) in [5, 5.41) is 0. The second kappa shape index (κ2) is 21.0. The predicted octanol–water partition coefficient (Wildman–Crippen LogP) is 8.63. The summed E-state index contributed by atoms with van der Waals surface area (Å²) in [5.74, 6) is -1.20. The molecule has 0 aliphatic carbocycles. The molecule has 0 saturated carbocycles. The molecule has 1 heterocycles. The van der Waals surface area contributed by atoms with Crippen LogP contribution in [0, 0.1) is 5.41 Å². The number of pyridine rings is 1. The van der Waals surface area contributed by atoms with Crippen molar-refractivity contribution in [3.8, 4) is 11.5 Å². The van der Waals surface area contributed by atoms with Gasteiger partial charge in [0.25, 0.3) is 10.1 Å². The zero-order chi connectivity index (χ0) is 34.7. The highest BCUT2D eigenvalue weighted by atomic mass is 32.2. The van der Waals surface area contributed by atoms with Gasteiger partial charge in [0.05, 0.1) is 11.8 Å².